The lowest BCUT2D eigenvalue weighted by Gasteiger charge is -2.16. The monoisotopic (exact) mass is 277 g/mol. The van der Waals surface area contributed by atoms with Crippen LogP contribution in [0.5, 0.6) is 0 Å². The molecular weight excluding hydrogens is 258 g/mol. The van der Waals surface area contributed by atoms with Gasteiger partial charge in [-0.2, -0.15) is 13.2 Å². The van der Waals surface area contributed by atoms with E-state index < -0.39 is 17.6 Å². The van der Waals surface area contributed by atoms with Gasteiger partial charge < -0.3 is 5.32 Å². The van der Waals surface area contributed by atoms with Gasteiger partial charge >= 0.3 is 6.18 Å². The van der Waals surface area contributed by atoms with Crippen LogP contribution < -0.4 is 5.32 Å². The normalized spacial score (nSPS) is 13.9. The maximum absolute atomic E-state index is 13.1. The molecule has 0 aliphatic carbocycles. The molecule has 0 bridgehead atoms. The van der Waals surface area contributed by atoms with Gasteiger partial charge in [-0.15, -0.1) is 0 Å². The third kappa shape index (κ3) is 5.19. The molecular formula is C14H19F4N. The third-order valence-corrected chi connectivity index (χ3v) is 2.79. The van der Waals surface area contributed by atoms with Crippen molar-refractivity contribution in [2.24, 2.45) is 5.92 Å². The van der Waals surface area contributed by atoms with Gasteiger partial charge in [-0.1, -0.05) is 26.8 Å². The minimum atomic E-state index is -4.64. The molecule has 0 aliphatic rings. The molecule has 1 unspecified atom stereocenters. The molecule has 5 heteroatoms. The minimum Gasteiger partial charge on any atom is -0.314 e. The van der Waals surface area contributed by atoms with Crippen molar-refractivity contribution in [3.05, 3.63) is 35.1 Å². The molecule has 1 atom stereocenters. The van der Waals surface area contributed by atoms with Crippen molar-refractivity contribution >= 4 is 0 Å². The molecule has 0 spiro atoms. The highest BCUT2D eigenvalue weighted by Crippen LogP contribution is 2.32. The topological polar surface area (TPSA) is 12.0 Å². The van der Waals surface area contributed by atoms with E-state index in [-0.39, 0.29) is 5.92 Å². The zero-order valence-electron chi connectivity index (χ0n) is 11.3. The van der Waals surface area contributed by atoms with Crippen molar-refractivity contribution in [1.82, 2.24) is 5.32 Å². The molecule has 0 amide bonds. The molecule has 1 N–H and O–H groups in total. The van der Waals surface area contributed by atoms with Gasteiger partial charge in [0.2, 0.25) is 0 Å². The van der Waals surface area contributed by atoms with Gasteiger partial charge in [0.15, 0.2) is 0 Å². The molecule has 1 aromatic rings. The molecule has 19 heavy (non-hydrogen) atoms. The number of hydrogen-bond acceptors (Lipinski definition) is 1. The Labute approximate surface area is 111 Å². The van der Waals surface area contributed by atoms with Crippen molar-refractivity contribution in [2.45, 2.75) is 39.4 Å². The zero-order chi connectivity index (χ0) is 14.6. The van der Waals surface area contributed by atoms with Crippen molar-refractivity contribution < 1.29 is 17.6 Å². The van der Waals surface area contributed by atoms with Crippen LogP contribution in [0.25, 0.3) is 0 Å². The van der Waals surface area contributed by atoms with E-state index in [4.69, 9.17) is 0 Å². The maximum Gasteiger partial charge on any atom is 0.419 e. The summed E-state index contributed by atoms with van der Waals surface area (Å²) in [6.07, 6.45) is -4.15. The summed E-state index contributed by atoms with van der Waals surface area (Å²) < 4.78 is 50.8. The highest BCUT2D eigenvalue weighted by molar-refractivity contribution is 5.27. The fourth-order valence-electron chi connectivity index (χ4n) is 1.83. The number of rotatable bonds is 5. The van der Waals surface area contributed by atoms with E-state index in [2.05, 4.69) is 5.32 Å². The smallest absolute Gasteiger partial charge is 0.314 e. The van der Waals surface area contributed by atoms with E-state index in [1.807, 2.05) is 20.8 Å². The number of hydrogen-bond donors (Lipinski definition) is 1. The first-order valence-corrected chi connectivity index (χ1v) is 6.29. The van der Waals surface area contributed by atoms with Crippen LogP contribution in [0.3, 0.4) is 0 Å². The molecule has 0 saturated heterocycles. The number of benzene rings is 1. The summed E-state index contributed by atoms with van der Waals surface area (Å²) in [4.78, 5) is 0. The molecule has 1 aromatic carbocycles. The molecule has 0 aromatic heterocycles. The first-order chi connectivity index (χ1) is 8.70. The van der Waals surface area contributed by atoms with E-state index >= 15 is 0 Å². The summed E-state index contributed by atoms with van der Waals surface area (Å²) in [6.45, 7) is 6.68. The van der Waals surface area contributed by atoms with Crippen LogP contribution in [0, 0.1) is 11.7 Å². The van der Waals surface area contributed by atoms with Gasteiger partial charge in [-0.25, -0.2) is 4.39 Å². The number of nitrogens with one attached hydrogen (secondary N) is 1. The van der Waals surface area contributed by atoms with E-state index in [1.165, 1.54) is 6.07 Å². The summed E-state index contributed by atoms with van der Waals surface area (Å²) in [6, 6.07) is 3.54. The third-order valence-electron chi connectivity index (χ3n) is 2.79. The van der Waals surface area contributed by atoms with Crippen LogP contribution in [0.15, 0.2) is 18.2 Å². The lowest BCUT2D eigenvalue weighted by Crippen LogP contribution is -2.28. The number of halogens is 4. The Morgan fingerprint density at radius 1 is 1.16 bits per heavy atom. The van der Waals surface area contributed by atoms with Crippen molar-refractivity contribution in [3.8, 4) is 0 Å². The van der Waals surface area contributed by atoms with Crippen LogP contribution in [-0.2, 0) is 12.6 Å². The molecule has 108 valence electrons. The van der Waals surface area contributed by atoms with Gasteiger partial charge in [0.25, 0.3) is 0 Å². The summed E-state index contributed by atoms with van der Waals surface area (Å²) >= 11 is 0. The van der Waals surface area contributed by atoms with Gasteiger partial charge in [0.1, 0.15) is 5.82 Å². The second-order valence-electron chi connectivity index (χ2n) is 5.18. The lowest BCUT2D eigenvalue weighted by atomic mass is 9.99. The molecule has 0 radical (unpaired) electrons. The summed E-state index contributed by atoms with van der Waals surface area (Å²) in [5, 5.41) is 3.23. The van der Waals surface area contributed by atoms with Gasteiger partial charge in [0.05, 0.1) is 5.56 Å². The Morgan fingerprint density at radius 3 is 2.32 bits per heavy atom. The van der Waals surface area contributed by atoms with Crippen molar-refractivity contribution in [1.29, 1.82) is 0 Å². The van der Waals surface area contributed by atoms with Crippen molar-refractivity contribution in [3.63, 3.8) is 0 Å². The first-order valence-electron chi connectivity index (χ1n) is 6.29. The number of alkyl halides is 3. The molecule has 1 nitrogen and oxygen atoms in total. The molecule has 0 fully saturated rings. The Kier molecular flexibility index (Phi) is 5.35. The van der Waals surface area contributed by atoms with Crippen LogP contribution in [-0.4, -0.2) is 12.6 Å². The fourth-order valence-corrected chi connectivity index (χ4v) is 1.83. The predicted molar refractivity (Wildman–Crippen MR) is 67.4 cm³/mol. The molecule has 0 heterocycles. The van der Waals surface area contributed by atoms with E-state index in [9.17, 15) is 17.6 Å². The highest BCUT2D eigenvalue weighted by atomic mass is 19.4. The van der Waals surface area contributed by atoms with Crippen LogP contribution in [0.4, 0.5) is 17.6 Å². The van der Waals surface area contributed by atoms with Crippen molar-refractivity contribution in [2.75, 3.05) is 6.54 Å². The maximum atomic E-state index is 13.1. The quantitative estimate of drug-likeness (QED) is 0.801. The Bertz CT molecular complexity index is 412. The highest BCUT2D eigenvalue weighted by Gasteiger charge is 2.34. The lowest BCUT2D eigenvalue weighted by molar-refractivity contribution is -0.140. The average molecular weight is 277 g/mol. The molecule has 0 saturated carbocycles. The van der Waals surface area contributed by atoms with Crippen LogP contribution >= 0.6 is 0 Å². The largest absolute Gasteiger partial charge is 0.419 e. The summed E-state index contributed by atoms with van der Waals surface area (Å²) in [5.41, 5.74) is -0.680. The second kappa shape index (κ2) is 6.37. The second-order valence-corrected chi connectivity index (χ2v) is 5.18. The zero-order valence-corrected chi connectivity index (χ0v) is 11.3. The van der Waals surface area contributed by atoms with E-state index in [0.717, 1.165) is 18.7 Å². The average Bonchev–Trinajstić information content (AvgIpc) is 2.27. The Hall–Kier alpha value is -1.10. The summed E-state index contributed by atoms with van der Waals surface area (Å²) in [7, 11) is 0. The van der Waals surface area contributed by atoms with Crippen LogP contribution in [0.1, 0.15) is 31.9 Å². The van der Waals surface area contributed by atoms with E-state index in [0.29, 0.717) is 18.0 Å². The van der Waals surface area contributed by atoms with Gasteiger partial charge in [-0.3, -0.25) is 0 Å². The van der Waals surface area contributed by atoms with E-state index in [1.54, 1.807) is 0 Å². The summed E-state index contributed by atoms with van der Waals surface area (Å²) in [5.74, 6) is -1.03. The predicted octanol–water partition coefficient (Wildman–Crippen LogP) is 4.02. The minimum absolute atomic E-state index is 0.189. The first kappa shape index (κ1) is 16.0. The van der Waals surface area contributed by atoms with Gasteiger partial charge in [0, 0.05) is 6.04 Å². The van der Waals surface area contributed by atoms with Crippen LogP contribution in [0.2, 0.25) is 0 Å². The Morgan fingerprint density at radius 2 is 1.79 bits per heavy atom. The Balaban J connectivity index is 2.75. The molecule has 1 rings (SSSR count). The fraction of sp³-hybridized carbons (Fsp3) is 0.571. The SMILES string of the molecule is CC(CNC(C)C)Cc1ccc(F)c(C(F)(F)F)c1. The molecule has 0 aliphatic heterocycles. The standard InChI is InChI=1S/C14H19F4N/c1-9(2)19-8-10(3)6-11-4-5-13(15)12(7-11)14(16,17)18/h4-5,7,9-10,19H,6,8H2,1-3H3. The van der Waals surface area contributed by atoms with Gasteiger partial charge in [-0.05, 0) is 36.6 Å².